The number of aromatic nitrogens is 2. The molecular formula is C14H18N2O2. The standard InChI is InChI=1S/C14H18N2O2/c1-10(2)16-13(8-9-15-16)14(3,18)11-4-6-12(17)7-5-11/h4-10,17-18H,1-3H3. The summed E-state index contributed by atoms with van der Waals surface area (Å²) in [5.74, 6) is 0.187. The minimum atomic E-state index is -1.13. The maximum Gasteiger partial charge on any atom is 0.128 e. The molecule has 0 saturated carbocycles. The van der Waals surface area contributed by atoms with Crippen LogP contribution in [0.15, 0.2) is 36.5 Å². The van der Waals surface area contributed by atoms with Gasteiger partial charge in [-0.1, -0.05) is 12.1 Å². The van der Waals surface area contributed by atoms with Gasteiger partial charge in [-0.05, 0) is 44.5 Å². The Morgan fingerprint density at radius 3 is 2.33 bits per heavy atom. The van der Waals surface area contributed by atoms with Crippen LogP contribution in [0.5, 0.6) is 5.75 Å². The van der Waals surface area contributed by atoms with Gasteiger partial charge in [0.15, 0.2) is 0 Å². The van der Waals surface area contributed by atoms with Crippen molar-refractivity contribution in [1.29, 1.82) is 0 Å². The lowest BCUT2D eigenvalue weighted by Gasteiger charge is -2.26. The quantitative estimate of drug-likeness (QED) is 0.874. The number of rotatable bonds is 3. The van der Waals surface area contributed by atoms with Gasteiger partial charge in [0, 0.05) is 12.2 Å². The zero-order valence-corrected chi connectivity index (χ0v) is 10.8. The minimum absolute atomic E-state index is 0.179. The molecule has 0 saturated heterocycles. The highest BCUT2D eigenvalue weighted by Crippen LogP contribution is 2.31. The molecule has 1 unspecified atom stereocenters. The van der Waals surface area contributed by atoms with Crippen LogP contribution in [0.4, 0.5) is 0 Å². The molecule has 2 rings (SSSR count). The van der Waals surface area contributed by atoms with E-state index in [1.807, 2.05) is 19.9 Å². The van der Waals surface area contributed by atoms with Gasteiger partial charge < -0.3 is 10.2 Å². The van der Waals surface area contributed by atoms with Gasteiger partial charge in [-0.2, -0.15) is 5.10 Å². The lowest BCUT2D eigenvalue weighted by molar-refractivity contribution is 0.0900. The maximum absolute atomic E-state index is 10.7. The average molecular weight is 246 g/mol. The molecule has 1 aromatic heterocycles. The first-order valence-electron chi connectivity index (χ1n) is 5.99. The largest absolute Gasteiger partial charge is 0.508 e. The molecule has 0 amide bonds. The number of hydrogen-bond acceptors (Lipinski definition) is 3. The number of hydrogen-bond donors (Lipinski definition) is 2. The third-order valence-corrected chi connectivity index (χ3v) is 3.09. The third kappa shape index (κ3) is 2.11. The predicted octanol–water partition coefficient (Wildman–Crippen LogP) is 2.43. The van der Waals surface area contributed by atoms with Crippen LogP contribution >= 0.6 is 0 Å². The second-order valence-electron chi connectivity index (χ2n) is 4.87. The summed E-state index contributed by atoms with van der Waals surface area (Å²) < 4.78 is 1.80. The molecule has 2 N–H and O–H groups in total. The van der Waals surface area contributed by atoms with Crippen molar-refractivity contribution in [2.24, 2.45) is 0 Å². The summed E-state index contributed by atoms with van der Waals surface area (Å²) in [5.41, 5.74) is 0.333. The molecule has 0 radical (unpaired) electrons. The topological polar surface area (TPSA) is 58.3 Å². The molecule has 0 aliphatic rings. The molecule has 0 aliphatic carbocycles. The van der Waals surface area contributed by atoms with Crippen LogP contribution < -0.4 is 0 Å². The number of aromatic hydroxyl groups is 1. The molecule has 0 spiro atoms. The minimum Gasteiger partial charge on any atom is -0.508 e. The molecule has 0 aliphatic heterocycles. The van der Waals surface area contributed by atoms with E-state index in [-0.39, 0.29) is 11.8 Å². The molecule has 18 heavy (non-hydrogen) atoms. The van der Waals surface area contributed by atoms with Crippen LogP contribution in [0.2, 0.25) is 0 Å². The Morgan fingerprint density at radius 2 is 1.78 bits per heavy atom. The van der Waals surface area contributed by atoms with Crippen molar-refractivity contribution < 1.29 is 10.2 Å². The molecule has 4 heteroatoms. The number of benzene rings is 1. The fourth-order valence-corrected chi connectivity index (χ4v) is 2.04. The first kappa shape index (κ1) is 12.6. The van der Waals surface area contributed by atoms with E-state index in [1.165, 1.54) is 0 Å². The van der Waals surface area contributed by atoms with Gasteiger partial charge in [-0.15, -0.1) is 0 Å². The normalized spacial score (nSPS) is 14.7. The van der Waals surface area contributed by atoms with E-state index in [2.05, 4.69) is 5.10 Å². The van der Waals surface area contributed by atoms with E-state index in [9.17, 15) is 10.2 Å². The van der Waals surface area contributed by atoms with Crippen LogP contribution in [-0.2, 0) is 5.60 Å². The summed E-state index contributed by atoms with van der Waals surface area (Å²) in [4.78, 5) is 0. The van der Waals surface area contributed by atoms with Gasteiger partial charge in [0.05, 0.1) is 5.69 Å². The van der Waals surface area contributed by atoms with Crippen LogP contribution in [0.25, 0.3) is 0 Å². The highest BCUT2D eigenvalue weighted by atomic mass is 16.3. The summed E-state index contributed by atoms with van der Waals surface area (Å²) >= 11 is 0. The molecule has 2 aromatic rings. The van der Waals surface area contributed by atoms with Crippen molar-refractivity contribution in [3.8, 4) is 5.75 Å². The van der Waals surface area contributed by atoms with E-state index in [0.29, 0.717) is 0 Å². The van der Waals surface area contributed by atoms with Gasteiger partial charge in [0.25, 0.3) is 0 Å². The van der Waals surface area contributed by atoms with Crippen molar-refractivity contribution >= 4 is 0 Å². The maximum atomic E-state index is 10.7. The third-order valence-electron chi connectivity index (χ3n) is 3.09. The molecule has 1 atom stereocenters. The number of phenolic OH excluding ortho intramolecular Hbond substituents is 1. The number of phenols is 1. The fraction of sp³-hybridized carbons (Fsp3) is 0.357. The smallest absolute Gasteiger partial charge is 0.128 e. The zero-order chi connectivity index (χ0) is 13.3. The monoisotopic (exact) mass is 246 g/mol. The first-order chi connectivity index (χ1) is 8.43. The lowest BCUT2D eigenvalue weighted by atomic mass is 9.92. The van der Waals surface area contributed by atoms with Crippen LogP contribution in [-0.4, -0.2) is 20.0 Å². The van der Waals surface area contributed by atoms with Crippen LogP contribution in [0.1, 0.15) is 38.1 Å². The Hall–Kier alpha value is -1.81. The van der Waals surface area contributed by atoms with Gasteiger partial charge >= 0.3 is 0 Å². The lowest BCUT2D eigenvalue weighted by Crippen LogP contribution is -2.27. The van der Waals surface area contributed by atoms with Crippen LogP contribution in [0.3, 0.4) is 0 Å². The molecule has 96 valence electrons. The van der Waals surface area contributed by atoms with E-state index in [4.69, 9.17) is 0 Å². The van der Waals surface area contributed by atoms with Crippen LogP contribution in [0, 0.1) is 0 Å². The molecule has 1 aromatic carbocycles. The fourth-order valence-electron chi connectivity index (χ4n) is 2.04. The van der Waals surface area contributed by atoms with Crippen molar-refractivity contribution in [2.75, 3.05) is 0 Å². The second kappa shape index (κ2) is 4.46. The highest BCUT2D eigenvalue weighted by Gasteiger charge is 2.29. The molecule has 0 bridgehead atoms. The molecule has 0 fully saturated rings. The van der Waals surface area contributed by atoms with Gasteiger partial charge in [0.2, 0.25) is 0 Å². The average Bonchev–Trinajstić information content (AvgIpc) is 2.79. The molecular weight excluding hydrogens is 228 g/mol. The van der Waals surface area contributed by atoms with Crippen molar-refractivity contribution in [3.05, 3.63) is 47.8 Å². The Labute approximate surface area is 107 Å². The van der Waals surface area contributed by atoms with Gasteiger partial charge in [-0.25, -0.2) is 0 Å². The molecule has 4 nitrogen and oxygen atoms in total. The van der Waals surface area contributed by atoms with E-state index >= 15 is 0 Å². The van der Waals surface area contributed by atoms with E-state index in [0.717, 1.165) is 11.3 Å². The Balaban J connectivity index is 2.47. The highest BCUT2D eigenvalue weighted by molar-refractivity contribution is 5.35. The van der Waals surface area contributed by atoms with Gasteiger partial charge in [0.1, 0.15) is 11.4 Å². The Bertz CT molecular complexity index is 527. The SMILES string of the molecule is CC(C)n1nccc1C(C)(O)c1ccc(O)cc1. The van der Waals surface area contributed by atoms with E-state index < -0.39 is 5.60 Å². The summed E-state index contributed by atoms with van der Waals surface area (Å²) in [5, 5.41) is 24.3. The Kier molecular flexibility index (Phi) is 3.13. The first-order valence-corrected chi connectivity index (χ1v) is 5.99. The van der Waals surface area contributed by atoms with E-state index in [1.54, 1.807) is 42.1 Å². The predicted molar refractivity (Wildman–Crippen MR) is 69.4 cm³/mol. The summed E-state index contributed by atoms with van der Waals surface area (Å²) in [7, 11) is 0. The summed E-state index contributed by atoms with van der Waals surface area (Å²) in [6, 6.07) is 8.56. The second-order valence-corrected chi connectivity index (χ2v) is 4.87. The zero-order valence-electron chi connectivity index (χ0n) is 10.8. The van der Waals surface area contributed by atoms with Crippen molar-refractivity contribution in [2.45, 2.75) is 32.4 Å². The summed E-state index contributed by atoms with van der Waals surface area (Å²) in [6.07, 6.45) is 1.68. The number of aliphatic hydroxyl groups is 1. The van der Waals surface area contributed by atoms with Gasteiger partial charge in [-0.3, -0.25) is 4.68 Å². The number of nitrogens with zero attached hydrogens (tertiary/aromatic N) is 2. The molecule has 1 heterocycles. The van der Waals surface area contributed by atoms with Crippen molar-refractivity contribution in [3.63, 3.8) is 0 Å². The summed E-state index contributed by atoms with van der Waals surface area (Å²) in [6.45, 7) is 5.77. The Morgan fingerprint density at radius 1 is 1.17 bits per heavy atom. The van der Waals surface area contributed by atoms with Crippen molar-refractivity contribution in [1.82, 2.24) is 9.78 Å².